The Morgan fingerprint density at radius 3 is 2.25 bits per heavy atom. The monoisotopic (exact) mass is 222 g/mol. The van der Waals surface area contributed by atoms with Crippen molar-refractivity contribution in [3.63, 3.8) is 0 Å². The average molecular weight is 222 g/mol. The van der Waals surface area contributed by atoms with E-state index < -0.39 is 11.8 Å². The van der Waals surface area contributed by atoms with Crippen LogP contribution >= 0.6 is 0 Å². The first-order valence-corrected chi connectivity index (χ1v) is 4.51. The van der Waals surface area contributed by atoms with Gasteiger partial charge in [-0.1, -0.05) is 0 Å². The highest BCUT2D eigenvalue weighted by molar-refractivity contribution is 6.16. The number of rotatable bonds is 4. The number of hydrogen-bond acceptors (Lipinski definition) is 5. The van der Waals surface area contributed by atoms with Crippen LogP contribution in [0.15, 0.2) is 23.4 Å². The molecule has 0 aliphatic rings. The van der Waals surface area contributed by atoms with Gasteiger partial charge in [-0.05, 0) is 13.0 Å². The summed E-state index contributed by atoms with van der Waals surface area (Å²) in [5.41, 5.74) is 0.0674. The van der Waals surface area contributed by atoms with Gasteiger partial charge in [0.05, 0.1) is 12.7 Å². The van der Waals surface area contributed by atoms with Crippen LogP contribution in [0.5, 0.6) is 0 Å². The maximum atomic E-state index is 11.2. The molecule has 0 aromatic heterocycles. The topological polar surface area (TPSA) is 70.4 Å². The third kappa shape index (κ3) is 4.42. The first kappa shape index (κ1) is 13.9. The third-order valence-corrected chi connectivity index (χ3v) is 1.61. The molecular weight excluding hydrogens is 208 g/mol. The summed E-state index contributed by atoms with van der Waals surface area (Å²) in [7, 11) is 4.65. The number of methoxy groups -OCH3 is 1. The standard InChI is InChI=1S/C11H14N2O3/c1-8(14)10(11(15)16-4)5-9(6-12)7-13(2)3/h5,7H,1-4H3/b9-7-,10-5-. The largest absolute Gasteiger partial charge is 0.465 e. The van der Waals surface area contributed by atoms with Gasteiger partial charge in [-0.15, -0.1) is 0 Å². The van der Waals surface area contributed by atoms with E-state index in [1.807, 2.05) is 6.07 Å². The summed E-state index contributed by atoms with van der Waals surface area (Å²) < 4.78 is 4.45. The van der Waals surface area contributed by atoms with Gasteiger partial charge in [0, 0.05) is 20.3 Å². The second kappa shape index (κ2) is 6.40. The second-order valence-electron chi connectivity index (χ2n) is 3.27. The Morgan fingerprint density at radius 1 is 1.38 bits per heavy atom. The number of carbonyl (C=O) groups is 2. The number of esters is 1. The molecule has 0 saturated carbocycles. The van der Waals surface area contributed by atoms with Gasteiger partial charge >= 0.3 is 5.97 Å². The fourth-order valence-corrected chi connectivity index (χ4v) is 0.946. The molecule has 0 aliphatic carbocycles. The van der Waals surface area contributed by atoms with Gasteiger partial charge in [-0.3, -0.25) is 4.79 Å². The van der Waals surface area contributed by atoms with Crippen molar-refractivity contribution in [2.75, 3.05) is 21.2 Å². The SMILES string of the molecule is COC(=O)/C(=C\C(C#N)=C\N(C)C)C(C)=O. The molecule has 0 radical (unpaired) electrons. The molecule has 0 unspecified atom stereocenters. The highest BCUT2D eigenvalue weighted by Gasteiger charge is 2.15. The first-order chi connectivity index (χ1) is 7.42. The molecule has 0 amide bonds. The Labute approximate surface area is 94.6 Å². The van der Waals surface area contributed by atoms with Gasteiger partial charge in [0.25, 0.3) is 0 Å². The maximum absolute atomic E-state index is 11.2. The smallest absolute Gasteiger partial charge is 0.341 e. The summed E-state index contributed by atoms with van der Waals surface area (Å²) in [5, 5.41) is 8.81. The van der Waals surface area contributed by atoms with E-state index in [0.29, 0.717) is 0 Å². The van der Waals surface area contributed by atoms with Crippen molar-refractivity contribution in [1.29, 1.82) is 5.26 Å². The molecule has 0 heterocycles. The summed E-state index contributed by atoms with van der Waals surface area (Å²) >= 11 is 0. The number of hydrogen-bond donors (Lipinski definition) is 0. The van der Waals surface area contributed by atoms with E-state index >= 15 is 0 Å². The summed E-state index contributed by atoms with van der Waals surface area (Å²) in [5.74, 6) is -1.18. The molecule has 0 aromatic rings. The van der Waals surface area contributed by atoms with E-state index in [1.165, 1.54) is 26.3 Å². The summed E-state index contributed by atoms with van der Waals surface area (Å²) in [6.45, 7) is 1.24. The molecule has 0 fully saturated rings. The van der Waals surface area contributed by atoms with Gasteiger partial charge in [-0.2, -0.15) is 5.26 Å². The molecule has 0 aromatic carbocycles. The second-order valence-corrected chi connectivity index (χ2v) is 3.27. The van der Waals surface area contributed by atoms with Crippen LogP contribution < -0.4 is 0 Å². The zero-order valence-corrected chi connectivity index (χ0v) is 9.77. The Morgan fingerprint density at radius 2 is 1.94 bits per heavy atom. The number of nitriles is 1. The molecule has 0 bridgehead atoms. The minimum atomic E-state index is -0.743. The Bertz CT molecular complexity index is 387. The van der Waals surface area contributed by atoms with Gasteiger partial charge in [0.15, 0.2) is 5.78 Å². The Balaban J connectivity index is 5.29. The summed E-state index contributed by atoms with van der Waals surface area (Å²) in [6.07, 6.45) is 2.72. The lowest BCUT2D eigenvalue weighted by molar-refractivity contribution is -0.137. The van der Waals surface area contributed by atoms with E-state index in [0.717, 1.165) is 0 Å². The van der Waals surface area contributed by atoms with Crippen molar-refractivity contribution in [1.82, 2.24) is 4.90 Å². The van der Waals surface area contributed by atoms with E-state index in [-0.39, 0.29) is 11.1 Å². The van der Waals surface area contributed by atoms with Crippen LogP contribution in [-0.4, -0.2) is 37.9 Å². The number of ketones is 1. The predicted octanol–water partition coefficient (Wildman–Crippen LogP) is 0.644. The fourth-order valence-electron chi connectivity index (χ4n) is 0.946. The highest BCUT2D eigenvalue weighted by atomic mass is 16.5. The molecular formula is C11H14N2O3. The minimum Gasteiger partial charge on any atom is -0.465 e. The van der Waals surface area contributed by atoms with Crippen molar-refractivity contribution < 1.29 is 14.3 Å². The highest BCUT2D eigenvalue weighted by Crippen LogP contribution is 2.06. The lowest BCUT2D eigenvalue weighted by atomic mass is 10.1. The van der Waals surface area contributed by atoms with Crippen molar-refractivity contribution in [3.05, 3.63) is 23.4 Å². The normalized spacial score (nSPS) is 11.7. The van der Waals surface area contributed by atoms with Crippen molar-refractivity contribution in [2.45, 2.75) is 6.92 Å². The van der Waals surface area contributed by atoms with Crippen LogP contribution in [0.4, 0.5) is 0 Å². The van der Waals surface area contributed by atoms with Gasteiger partial charge in [0.2, 0.25) is 0 Å². The molecule has 0 N–H and O–H groups in total. The van der Waals surface area contributed by atoms with Crippen LogP contribution in [0.3, 0.4) is 0 Å². The summed E-state index contributed by atoms with van der Waals surface area (Å²) in [4.78, 5) is 24.0. The molecule has 0 aliphatic heterocycles. The molecule has 5 heteroatoms. The van der Waals surface area contributed by atoms with Crippen LogP contribution in [0, 0.1) is 11.3 Å². The Hall–Kier alpha value is -2.09. The number of nitrogens with zero attached hydrogens (tertiary/aromatic N) is 2. The van der Waals surface area contributed by atoms with E-state index in [2.05, 4.69) is 4.74 Å². The van der Waals surface area contributed by atoms with Gasteiger partial charge in [0.1, 0.15) is 11.6 Å². The number of ether oxygens (including phenoxy) is 1. The lowest BCUT2D eigenvalue weighted by Gasteiger charge is -2.05. The Kier molecular flexibility index (Phi) is 5.57. The molecule has 0 saturated heterocycles. The molecule has 0 spiro atoms. The van der Waals surface area contributed by atoms with Crippen molar-refractivity contribution in [2.24, 2.45) is 0 Å². The molecule has 0 rings (SSSR count). The maximum Gasteiger partial charge on any atom is 0.341 e. The number of allylic oxidation sites excluding steroid dienone is 2. The molecule has 86 valence electrons. The third-order valence-electron chi connectivity index (χ3n) is 1.61. The first-order valence-electron chi connectivity index (χ1n) is 4.51. The van der Waals surface area contributed by atoms with Gasteiger partial charge < -0.3 is 9.64 Å². The number of Topliss-reactive ketones (excluding diaryl/α,β-unsaturated/α-hetero) is 1. The summed E-state index contributed by atoms with van der Waals surface area (Å²) in [6, 6.07) is 1.88. The van der Waals surface area contributed by atoms with Crippen LogP contribution in [0.2, 0.25) is 0 Å². The van der Waals surface area contributed by atoms with Crippen molar-refractivity contribution >= 4 is 11.8 Å². The van der Waals surface area contributed by atoms with E-state index in [9.17, 15) is 9.59 Å². The van der Waals surface area contributed by atoms with Crippen LogP contribution in [-0.2, 0) is 14.3 Å². The fraction of sp³-hybridized carbons (Fsp3) is 0.364. The molecule has 0 atom stereocenters. The van der Waals surface area contributed by atoms with E-state index in [1.54, 1.807) is 19.0 Å². The predicted molar refractivity (Wildman–Crippen MR) is 58.2 cm³/mol. The average Bonchev–Trinajstić information content (AvgIpc) is 2.21. The number of carbonyl (C=O) groups excluding carboxylic acids is 2. The zero-order valence-electron chi connectivity index (χ0n) is 9.77. The molecule has 16 heavy (non-hydrogen) atoms. The van der Waals surface area contributed by atoms with E-state index in [4.69, 9.17) is 5.26 Å². The van der Waals surface area contributed by atoms with Crippen molar-refractivity contribution in [3.8, 4) is 6.07 Å². The lowest BCUT2D eigenvalue weighted by Crippen LogP contribution is -2.12. The quantitative estimate of drug-likeness (QED) is 0.174. The van der Waals surface area contributed by atoms with Gasteiger partial charge in [-0.25, -0.2) is 4.79 Å². The minimum absolute atomic E-state index is 0.142. The van der Waals surface area contributed by atoms with Crippen LogP contribution in [0.1, 0.15) is 6.92 Å². The van der Waals surface area contributed by atoms with Crippen LogP contribution in [0.25, 0.3) is 0 Å². The zero-order chi connectivity index (χ0) is 12.7. The molecule has 5 nitrogen and oxygen atoms in total.